The minimum Gasteiger partial charge on any atom is -0.322 e. The molecule has 2 saturated carbocycles. The molecule has 32 heavy (non-hydrogen) atoms. The summed E-state index contributed by atoms with van der Waals surface area (Å²) in [7, 11) is 0. The molecule has 0 radical (unpaired) electrons. The summed E-state index contributed by atoms with van der Waals surface area (Å²) in [6.45, 7) is 2.04. The highest BCUT2D eigenvalue weighted by molar-refractivity contribution is 9.10. The van der Waals surface area contributed by atoms with Crippen LogP contribution in [0.25, 0.3) is 0 Å². The summed E-state index contributed by atoms with van der Waals surface area (Å²) in [5.74, 6) is 0.551. The van der Waals surface area contributed by atoms with Crippen LogP contribution in [-0.4, -0.2) is 17.7 Å². The Bertz CT molecular complexity index is 1170. The molecule has 0 unspecified atom stereocenters. The second-order valence-electron chi connectivity index (χ2n) is 9.33. The third-order valence-electron chi connectivity index (χ3n) is 7.73. The van der Waals surface area contributed by atoms with Gasteiger partial charge in [-0.1, -0.05) is 41.1 Å². The van der Waals surface area contributed by atoms with Gasteiger partial charge in [0.05, 0.1) is 17.5 Å². The largest absolute Gasteiger partial charge is 0.322 e. The predicted octanol–water partition coefficient (Wildman–Crippen LogP) is 4.82. The molecule has 3 fully saturated rings. The van der Waals surface area contributed by atoms with Crippen LogP contribution in [-0.2, 0) is 16.0 Å². The van der Waals surface area contributed by atoms with Crippen molar-refractivity contribution in [3.63, 3.8) is 0 Å². The van der Waals surface area contributed by atoms with E-state index in [9.17, 15) is 14.4 Å². The third-order valence-corrected chi connectivity index (χ3v) is 8.22. The Kier molecular flexibility index (Phi) is 4.44. The van der Waals surface area contributed by atoms with Gasteiger partial charge in [0.1, 0.15) is 0 Å². The molecular weight excluding hydrogens is 468 g/mol. The molecule has 5 aliphatic rings. The zero-order valence-corrected chi connectivity index (χ0v) is 19.2. The van der Waals surface area contributed by atoms with Gasteiger partial charge in [-0.3, -0.25) is 14.4 Å². The first-order chi connectivity index (χ1) is 15.5. The average Bonchev–Trinajstić information content (AvgIpc) is 3.58. The Morgan fingerprint density at radius 1 is 1.03 bits per heavy atom. The Hall–Kier alpha value is -2.73. The summed E-state index contributed by atoms with van der Waals surface area (Å²) >= 11 is 3.47. The van der Waals surface area contributed by atoms with Crippen molar-refractivity contribution >= 4 is 45.0 Å². The van der Waals surface area contributed by atoms with Crippen molar-refractivity contribution in [3.05, 3.63) is 70.2 Å². The number of amides is 3. The molecule has 6 atom stereocenters. The molecule has 2 aromatic rings. The van der Waals surface area contributed by atoms with E-state index in [-0.39, 0.29) is 41.4 Å². The topological polar surface area (TPSA) is 66.5 Å². The normalized spacial score (nSPS) is 31.5. The monoisotopic (exact) mass is 490 g/mol. The van der Waals surface area contributed by atoms with Crippen molar-refractivity contribution in [2.45, 2.75) is 19.8 Å². The highest BCUT2D eigenvalue weighted by Crippen LogP contribution is 2.65. The number of halogens is 1. The molecule has 1 N–H and O–H groups in total. The van der Waals surface area contributed by atoms with E-state index in [2.05, 4.69) is 33.4 Å². The van der Waals surface area contributed by atoms with Gasteiger partial charge in [-0.05, 0) is 78.5 Å². The Balaban J connectivity index is 1.28. The number of benzene rings is 2. The number of nitrogens with one attached hydrogen (secondary N) is 1. The van der Waals surface area contributed by atoms with E-state index in [4.69, 9.17) is 0 Å². The summed E-state index contributed by atoms with van der Waals surface area (Å²) < 4.78 is 0.961. The minimum absolute atomic E-state index is 0.108. The second-order valence-corrected chi connectivity index (χ2v) is 10.2. The number of allylic oxidation sites excluding steroid dienone is 2. The fourth-order valence-corrected chi connectivity index (χ4v) is 6.58. The Labute approximate surface area is 195 Å². The van der Waals surface area contributed by atoms with Crippen molar-refractivity contribution in [3.8, 4) is 0 Å². The molecule has 162 valence electrons. The number of rotatable bonds is 4. The van der Waals surface area contributed by atoms with E-state index < -0.39 is 0 Å². The van der Waals surface area contributed by atoms with Gasteiger partial charge in [0.25, 0.3) is 5.91 Å². The molecule has 0 spiro atoms. The zero-order chi connectivity index (χ0) is 22.1. The molecule has 4 aliphatic carbocycles. The molecule has 5 nitrogen and oxygen atoms in total. The number of anilines is 2. The number of carbonyl (C=O) groups excluding carboxylic acids is 3. The van der Waals surface area contributed by atoms with Crippen LogP contribution in [0.2, 0.25) is 0 Å². The first kappa shape index (κ1) is 19.9. The maximum Gasteiger partial charge on any atom is 0.255 e. The number of hydrogen-bond donors (Lipinski definition) is 1. The summed E-state index contributed by atoms with van der Waals surface area (Å²) in [5.41, 5.74) is 2.69. The summed E-state index contributed by atoms with van der Waals surface area (Å²) in [4.78, 5) is 41.0. The van der Waals surface area contributed by atoms with Gasteiger partial charge in [0, 0.05) is 15.7 Å². The number of carbonyl (C=O) groups is 3. The van der Waals surface area contributed by atoms with Gasteiger partial charge in [-0.2, -0.15) is 0 Å². The van der Waals surface area contributed by atoms with Crippen molar-refractivity contribution in [1.29, 1.82) is 0 Å². The summed E-state index contributed by atoms with van der Waals surface area (Å²) in [6.07, 6.45) is 6.26. The van der Waals surface area contributed by atoms with E-state index in [1.807, 2.05) is 25.1 Å². The lowest BCUT2D eigenvalue weighted by Crippen LogP contribution is -2.40. The van der Waals surface area contributed by atoms with Crippen LogP contribution in [0.3, 0.4) is 0 Å². The Morgan fingerprint density at radius 2 is 1.72 bits per heavy atom. The standard InChI is InChI=1S/C26H23BrN2O3/c1-2-13-10-15(27)6-9-21(13)28-24(30)14-4-3-5-16(11-14)29-25(31)22-17-7-8-18(20-12-19(17)20)23(22)26(29)32/h3-11,17-20,22-23H,2,12H2,1H3,(H,28,30)/t17-,18-,19-,20-,22+,23+/m0/s1. The van der Waals surface area contributed by atoms with E-state index in [1.165, 1.54) is 4.90 Å². The second kappa shape index (κ2) is 7.14. The molecule has 7 rings (SSSR count). The third kappa shape index (κ3) is 2.85. The lowest BCUT2D eigenvalue weighted by atomic mass is 9.63. The smallest absolute Gasteiger partial charge is 0.255 e. The van der Waals surface area contributed by atoms with Gasteiger partial charge in [0.2, 0.25) is 11.8 Å². The minimum atomic E-state index is -0.261. The fraction of sp³-hybridized carbons (Fsp3) is 0.346. The number of aryl methyl sites for hydroxylation is 1. The lowest BCUT2D eigenvalue weighted by Gasteiger charge is -2.37. The molecule has 1 saturated heterocycles. The number of hydrogen-bond acceptors (Lipinski definition) is 3. The first-order valence-electron chi connectivity index (χ1n) is 11.2. The van der Waals surface area contributed by atoms with Gasteiger partial charge in [0.15, 0.2) is 0 Å². The van der Waals surface area contributed by atoms with E-state index >= 15 is 0 Å². The fourth-order valence-electron chi connectivity index (χ4n) is 6.17. The molecule has 0 aromatic heterocycles. The first-order valence-corrected chi connectivity index (χ1v) is 12.0. The van der Waals surface area contributed by atoms with Crippen molar-refractivity contribution in [2.24, 2.45) is 35.5 Å². The van der Waals surface area contributed by atoms with Crippen LogP contribution >= 0.6 is 15.9 Å². The molecule has 1 aliphatic heterocycles. The summed E-state index contributed by atoms with van der Waals surface area (Å²) in [6, 6.07) is 12.6. The van der Waals surface area contributed by atoms with Crippen molar-refractivity contribution in [1.82, 2.24) is 0 Å². The maximum atomic E-state index is 13.4. The van der Waals surface area contributed by atoms with Gasteiger partial charge in [-0.15, -0.1) is 0 Å². The molecule has 6 heteroatoms. The average molecular weight is 491 g/mol. The zero-order valence-electron chi connectivity index (χ0n) is 17.6. The lowest BCUT2D eigenvalue weighted by molar-refractivity contribution is -0.124. The highest BCUT2D eigenvalue weighted by Gasteiger charge is 2.67. The van der Waals surface area contributed by atoms with Crippen LogP contribution < -0.4 is 10.2 Å². The molecule has 1 heterocycles. The maximum absolute atomic E-state index is 13.4. The predicted molar refractivity (Wildman–Crippen MR) is 125 cm³/mol. The van der Waals surface area contributed by atoms with Gasteiger partial charge in [-0.25, -0.2) is 4.90 Å². The van der Waals surface area contributed by atoms with Gasteiger partial charge < -0.3 is 5.32 Å². The van der Waals surface area contributed by atoms with Crippen molar-refractivity contribution in [2.75, 3.05) is 10.2 Å². The number of imide groups is 1. The van der Waals surface area contributed by atoms with Crippen LogP contribution in [0, 0.1) is 35.5 Å². The van der Waals surface area contributed by atoms with Crippen molar-refractivity contribution < 1.29 is 14.4 Å². The molecular formula is C26H23BrN2O3. The highest BCUT2D eigenvalue weighted by atomic mass is 79.9. The van der Waals surface area contributed by atoms with Gasteiger partial charge >= 0.3 is 0 Å². The number of nitrogens with zero attached hydrogens (tertiary/aromatic N) is 1. The van der Waals surface area contributed by atoms with E-state index in [0.29, 0.717) is 23.1 Å². The summed E-state index contributed by atoms with van der Waals surface area (Å²) in [5, 5.41) is 2.97. The molecule has 2 aromatic carbocycles. The van der Waals surface area contributed by atoms with E-state index in [0.717, 1.165) is 28.6 Å². The molecule has 3 amide bonds. The van der Waals surface area contributed by atoms with Crippen LogP contribution in [0.4, 0.5) is 11.4 Å². The van der Waals surface area contributed by atoms with Crippen LogP contribution in [0.5, 0.6) is 0 Å². The Morgan fingerprint density at radius 3 is 2.38 bits per heavy atom. The van der Waals surface area contributed by atoms with Crippen LogP contribution in [0.1, 0.15) is 29.3 Å². The quantitative estimate of drug-likeness (QED) is 0.493. The SMILES string of the molecule is CCc1cc(Br)ccc1NC(=O)c1cccc(N2C(=O)[C@@H]3[C@H]4C=C[C@@H]([C@@H]5C[C@@H]45)[C@H]3C2=O)c1. The van der Waals surface area contributed by atoms with Crippen LogP contribution in [0.15, 0.2) is 59.1 Å². The molecule has 2 bridgehead atoms. The van der Waals surface area contributed by atoms with E-state index in [1.54, 1.807) is 24.3 Å².